The molecule has 1 rings (SSSR count). The van der Waals surface area contributed by atoms with E-state index in [1.807, 2.05) is 6.07 Å². The summed E-state index contributed by atoms with van der Waals surface area (Å²) in [5.41, 5.74) is 1.83. The molecule has 0 amide bonds. The lowest BCUT2D eigenvalue weighted by molar-refractivity contribution is -0.00189. The van der Waals surface area contributed by atoms with E-state index in [1.165, 1.54) is 7.05 Å². The Bertz CT molecular complexity index is 392. The fourth-order valence-electron chi connectivity index (χ4n) is 1.86. The molecule has 0 saturated heterocycles. The van der Waals surface area contributed by atoms with E-state index in [0.717, 1.165) is 5.56 Å². The van der Waals surface area contributed by atoms with Crippen LogP contribution < -0.4 is 5.32 Å². The minimum Gasteiger partial charge on any atom is -0.314 e. The van der Waals surface area contributed by atoms with Crippen LogP contribution in [0.1, 0.15) is 37.5 Å². The highest BCUT2D eigenvalue weighted by atomic mass is 19.3. The van der Waals surface area contributed by atoms with Gasteiger partial charge in [0.25, 0.3) is 5.92 Å². The van der Waals surface area contributed by atoms with Gasteiger partial charge in [-0.05, 0) is 30.5 Å². The Balaban J connectivity index is 3.14. The molecule has 0 spiro atoms. The normalized spacial score (nSPS) is 12.9. The summed E-state index contributed by atoms with van der Waals surface area (Å²) in [6.07, 6.45) is 0. The zero-order valence-corrected chi connectivity index (χ0v) is 11.2. The average molecular weight is 241 g/mol. The van der Waals surface area contributed by atoms with Crippen molar-refractivity contribution in [3.8, 4) is 0 Å². The van der Waals surface area contributed by atoms with Gasteiger partial charge in [-0.25, -0.2) is 0 Å². The van der Waals surface area contributed by atoms with Crippen molar-refractivity contribution in [1.29, 1.82) is 0 Å². The first-order valence-electron chi connectivity index (χ1n) is 5.82. The molecule has 0 heterocycles. The van der Waals surface area contributed by atoms with Crippen LogP contribution in [0.2, 0.25) is 0 Å². The molecule has 0 aliphatic rings. The summed E-state index contributed by atoms with van der Waals surface area (Å²) in [7, 11) is 1.53. The van der Waals surface area contributed by atoms with Gasteiger partial charge in [-0.2, -0.15) is 8.78 Å². The van der Waals surface area contributed by atoms with Gasteiger partial charge in [0.05, 0.1) is 6.54 Å². The van der Waals surface area contributed by atoms with Crippen LogP contribution in [0, 0.1) is 6.92 Å². The highest BCUT2D eigenvalue weighted by Crippen LogP contribution is 2.32. The molecule has 0 unspecified atom stereocenters. The maximum atomic E-state index is 13.8. The van der Waals surface area contributed by atoms with E-state index >= 15 is 0 Å². The second kappa shape index (κ2) is 4.73. The highest BCUT2D eigenvalue weighted by molar-refractivity contribution is 5.37. The van der Waals surface area contributed by atoms with Crippen LogP contribution in [-0.4, -0.2) is 13.6 Å². The summed E-state index contributed by atoms with van der Waals surface area (Å²) < 4.78 is 27.6. The Hall–Kier alpha value is -0.960. The number of benzene rings is 1. The molecule has 3 heteroatoms. The van der Waals surface area contributed by atoms with E-state index < -0.39 is 5.92 Å². The second-order valence-corrected chi connectivity index (χ2v) is 5.51. The number of hydrogen-bond donors (Lipinski definition) is 1. The first-order valence-corrected chi connectivity index (χ1v) is 5.82. The van der Waals surface area contributed by atoms with Gasteiger partial charge in [0, 0.05) is 5.56 Å². The molecule has 1 N–H and O–H groups in total. The lowest BCUT2D eigenvalue weighted by Crippen LogP contribution is -2.29. The SMILES string of the molecule is CNCC(F)(F)c1ccc(C(C)(C)C)cc1C. The molecule has 1 aromatic rings. The third kappa shape index (κ3) is 3.25. The lowest BCUT2D eigenvalue weighted by Gasteiger charge is -2.23. The third-order valence-electron chi connectivity index (χ3n) is 2.89. The van der Waals surface area contributed by atoms with Crippen LogP contribution in [0.3, 0.4) is 0 Å². The molecule has 0 fully saturated rings. The molecule has 96 valence electrons. The van der Waals surface area contributed by atoms with Gasteiger partial charge in [0.15, 0.2) is 0 Å². The van der Waals surface area contributed by atoms with Crippen LogP contribution >= 0.6 is 0 Å². The van der Waals surface area contributed by atoms with Crippen molar-refractivity contribution in [3.63, 3.8) is 0 Å². The molecular formula is C14H21F2N. The van der Waals surface area contributed by atoms with Gasteiger partial charge < -0.3 is 5.32 Å². The van der Waals surface area contributed by atoms with Crippen molar-refractivity contribution in [3.05, 3.63) is 34.9 Å². The summed E-state index contributed by atoms with van der Waals surface area (Å²) in [5.74, 6) is -2.81. The number of hydrogen-bond acceptors (Lipinski definition) is 1. The topological polar surface area (TPSA) is 12.0 Å². The Kier molecular flexibility index (Phi) is 3.92. The fraction of sp³-hybridized carbons (Fsp3) is 0.571. The van der Waals surface area contributed by atoms with Crippen molar-refractivity contribution in [2.75, 3.05) is 13.6 Å². The van der Waals surface area contributed by atoms with E-state index in [2.05, 4.69) is 26.1 Å². The molecule has 1 aromatic carbocycles. The summed E-state index contributed by atoms with van der Waals surface area (Å²) in [4.78, 5) is 0. The molecule has 0 atom stereocenters. The third-order valence-corrected chi connectivity index (χ3v) is 2.89. The van der Waals surface area contributed by atoms with E-state index in [4.69, 9.17) is 0 Å². The number of likely N-dealkylation sites (N-methyl/N-ethyl adjacent to an activating group) is 1. The van der Waals surface area contributed by atoms with Crippen LogP contribution in [0.5, 0.6) is 0 Å². The van der Waals surface area contributed by atoms with E-state index in [-0.39, 0.29) is 17.5 Å². The molecule has 0 aromatic heterocycles. The van der Waals surface area contributed by atoms with Gasteiger partial charge in [-0.15, -0.1) is 0 Å². The summed E-state index contributed by atoms with van der Waals surface area (Å²) in [6, 6.07) is 5.21. The number of rotatable bonds is 3. The first kappa shape index (κ1) is 14.1. The van der Waals surface area contributed by atoms with Gasteiger partial charge in [0.2, 0.25) is 0 Å². The van der Waals surface area contributed by atoms with Crippen molar-refractivity contribution in [2.24, 2.45) is 0 Å². The van der Waals surface area contributed by atoms with Crippen molar-refractivity contribution in [2.45, 2.75) is 39.0 Å². The zero-order chi connectivity index (χ0) is 13.3. The van der Waals surface area contributed by atoms with Crippen LogP contribution in [-0.2, 0) is 11.3 Å². The van der Waals surface area contributed by atoms with Gasteiger partial charge in [-0.1, -0.05) is 39.0 Å². The smallest absolute Gasteiger partial charge is 0.285 e. The minimum atomic E-state index is -2.81. The van der Waals surface area contributed by atoms with E-state index in [9.17, 15) is 8.78 Å². The van der Waals surface area contributed by atoms with Crippen LogP contribution in [0.25, 0.3) is 0 Å². The number of halogens is 2. The molecule has 0 aliphatic heterocycles. The zero-order valence-electron chi connectivity index (χ0n) is 11.2. The standard InChI is InChI=1S/C14H21F2N/c1-10-8-11(13(2,3)4)6-7-12(10)14(15,16)9-17-5/h6-8,17H,9H2,1-5H3. The number of alkyl halides is 2. The minimum absolute atomic E-state index is 0.0123. The molecule has 0 radical (unpaired) electrons. The molecular weight excluding hydrogens is 220 g/mol. The van der Waals surface area contributed by atoms with E-state index in [0.29, 0.717) is 5.56 Å². The van der Waals surface area contributed by atoms with Gasteiger partial charge >= 0.3 is 0 Å². The molecule has 0 bridgehead atoms. The van der Waals surface area contributed by atoms with Crippen molar-refractivity contribution < 1.29 is 8.78 Å². The van der Waals surface area contributed by atoms with Crippen LogP contribution in [0.4, 0.5) is 8.78 Å². The summed E-state index contributed by atoms with van der Waals surface area (Å²) >= 11 is 0. The van der Waals surface area contributed by atoms with E-state index in [1.54, 1.807) is 19.1 Å². The van der Waals surface area contributed by atoms with Gasteiger partial charge in [0.1, 0.15) is 0 Å². The predicted octanol–water partition coefficient (Wildman–Crippen LogP) is 3.60. The Labute approximate surface area is 102 Å². The largest absolute Gasteiger partial charge is 0.314 e. The van der Waals surface area contributed by atoms with Crippen LogP contribution in [0.15, 0.2) is 18.2 Å². The first-order chi connectivity index (χ1) is 7.68. The van der Waals surface area contributed by atoms with Gasteiger partial charge in [-0.3, -0.25) is 0 Å². The highest BCUT2D eigenvalue weighted by Gasteiger charge is 2.32. The number of aryl methyl sites for hydroxylation is 1. The Morgan fingerprint density at radius 1 is 1.18 bits per heavy atom. The lowest BCUT2D eigenvalue weighted by atomic mass is 9.84. The maximum absolute atomic E-state index is 13.8. The molecule has 0 aliphatic carbocycles. The predicted molar refractivity (Wildman–Crippen MR) is 67.7 cm³/mol. The molecule has 17 heavy (non-hydrogen) atoms. The fourth-order valence-corrected chi connectivity index (χ4v) is 1.86. The monoisotopic (exact) mass is 241 g/mol. The average Bonchev–Trinajstić information content (AvgIpc) is 2.15. The van der Waals surface area contributed by atoms with Crippen molar-refractivity contribution >= 4 is 0 Å². The van der Waals surface area contributed by atoms with Crippen molar-refractivity contribution in [1.82, 2.24) is 5.32 Å². The molecule has 1 nitrogen and oxygen atoms in total. The Morgan fingerprint density at radius 3 is 2.18 bits per heavy atom. The number of nitrogens with one attached hydrogen (secondary N) is 1. The Morgan fingerprint density at radius 2 is 1.76 bits per heavy atom. The molecule has 0 saturated carbocycles. The summed E-state index contributed by atoms with van der Waals surface area (Å²) in [5, 5.41) is 2.53. The summed E-state index contributed by atoms with van der Waals surface area (Å²) in [6.45, 7) is 7.64. The maximum Gasteiger partial charge on any atom is 0.285 e. The quantitative estimate of drug-likeness (QED) is 0.852. The second-order valence-electron chi connectivity index (χ2n) is 5.51.